The molecule has 0 radical (unpaired) electrons. The van der Waals surface area contributed by atoms with Gasteiger partial charge in [-0.05, 0) is 30.4 Å². The van der Waals surface area contributed by atoms with E-state index in [0.29, 0.717) is 19.4 Å². The van der Waals surface area contributed by atoms with Crippen LogP contribution in [0.3, 0.4) is 0 Å². The van der Waals surface area contributed by atoms with E-state index in [2.05, 4.69) is 5.32 Å². The molecule has 0 aliphatic carbocycles. The second-order valence-electron chi connectivity index (χ2n) is 5.77. The maximum Gasteiger partial charge on any atom is 0.303 e. The Hall–Kier alpha value is -2.24. The van der Waals surface area contributed by atoms with Crippen LogP contribution in [0, 0.1) is 5.41 Å². The molecule has 0 unspecified atom stereocenters. The summed E-state index contributed by atoms with van der Waals surface area (Å²) in [6.07, 6.45) is 1.26. The average molecular weight is 295 g/mol. The summed E-state index contributed by atoms with van der Waals surface area (Å²) < 4.78 is 0. The zero-order chi connectivity index (χ0) is 16.0. The number of phenolic OH excluding ortho intramolecular Hbond substituents is 2. The summed E-state index contributed by atoms with van der Waals surface area (Å²) in [6, 6.07) is 3.77. The normalized spacial score (nSPS) is 11.1. The zero-order valence-electron chi connectivity index (χ0n) is 12.2. The molecule has 1 aromatic carbocycles. The highest BCUT2D eigenvalue weighted by atomic mass is 16.4. The summed E-state index contributed by atoms with van der Waals surface area (Å²) in [5.74, 6) is -1.65. The summed E-state index contributed by atoms with van der Waals surface area (Å²) in [4.78, 5) is 22.4. The summed E-state index contributed by atoms with van der Waals surface area (Å²) in [5, 5.41) is 30.1. The predicted molar refractivity (Wildman–Crippen MR) is 77.4 cm³/mol. The molecule has 116 valence electrons. The number of aliphatic carboxylic acids is 1. The van der Waals surface area contributed by atoms with Gasteiger partial charge < -0.3 is 20.6 Å². The first-order valence-electron chi connectivity index (χ1n) is 6.73. The second-order valence-corrected chi connectivity index (χ2v) is 5.77. The highest BCUT2D eigenvalue weighted by molar-refractivity contribution is 5.96. The van der Waals surface area contributed by atoms with Crippen molar-refractivity contribution in [3.63, 3.8) is 0 Å². The third-order valence-electron chi connectivity index (χ3n) is 3.33. The largest absolute Gasteiger partial charge is 0.508 e. The van der Waals surface area contributed by atoms with Crippen LogP contribution in [0.1, 0.15) is 43.5 Å². The maximum atomic E-state index is 11.9. The van der Waals surface area contributed by atoms with E-state index in [0.717, 1.165) is 6.07 Å². The van der Waals surface area contributed by atoms with Crippen molar-refractivity contribution in [1.82, 2.24) is 5.32 Å². The lowest BCUT2D eigenvalue weighted by atomic mass is 9.84. The van der Waals surface area contributed by atoms with Crippen LogP contribution in [0.4, 0.5) is 0 Å². The predicted octanol–water partition coefficient (Wildman–Crippen LogP) is 2.11. The maximum absolute atomic E-state index is 11.9. The van der Waals surface area contributed by atoms with E-state index in [9.17, 15) is 14.7 Å². The van der Waals surface area contributed by atoms with Crippen molar-refractivity contribution in [3.05, 3.63) is 23.8 Å². The monoisotopic (exact) mass is 295 g/mol. The lowest BCUT2D eigenvalue weighted by Crippen LogP contribution is -2.28. The molecule has 0 heterocycles. The SMILES string of the molecule is CC(C)(CCNC(=O)c1ccc(O)cc1O)CCC(=O)O. The van der Waals surface area contributed by atoms with Gasteiger partial charge in [0.25, 0.3) is 5.91 Å². The first-order valence-corrected chi connectivity index (χ1v) is 6.73. The number of carbonyl (C=O) groups excluding carboxylic acids is 1. The van der Waals surface area contributed by atoms with Crippen LogP contribution in [0.15, 0.2) is 18.2 Å². The van der Waals surface area contributed by atoms with Crippen LogP contribution in [-0.4, -0.2) is 33.7 Å². The van der Waals surface area contributed by atoms with Gasteiger partial charge in [0.05, 0.1) is 5.56 Å². The first kappa shape index (κ1) is 16.8. The van der Waals surface area contributed by atoms with Crippen LogP contribution in [-0.2, 0) is 4.79 Å². The quantitative estimate of drug-likeness (QED) is 0.616. The Bertz CT molecular complexity index is 525. The van der Waals surface area contributed by atoms with E-state index in [1.54, 1.807) is 0 Å². The van der Waals surface area contributed by atoms with Crippen molar-refractivity contribution in [2.24, 2.45) is 5.41 Å². The van der Waals surface area contributed by atoms with Crippen molar-refractivity contribution < 1.29 is 24.9 Å². The fourth-order valence-electron chi connectivity index (χ4n) is 1.89. The van der Waals surface area contributed by atoms with Crippen LogP contribution >= 0.6 is 0 Å². The highest BCUT2D eigenvalue weighted by Crippen LogP contribution is 2.26. The molecule has 0 saturated carbocycles. The molecule has 1 rings (SSSR count). The van der Waals surface area contributed by atoms with Gasteiger partial charge >= 0.3 is 5.97 Å². The van der Waals surface area contributed by atoms with Crippen LogP contribution in [0.2, 0.25) is 0 Å². The Labute approximate surface area is 123 Å². The second kappa shape index (κ2) is 6.97. The Balaban J connectivity index is 2.48. The van der Waals surface area contributed by atoms with Crippen LogP contribution in [0.25, 0.3) is 0 Å². The van der Waals surface area contributed by atoms with Crippen LogP contribution < -0.4 is 5.32 Å². The van der Waals surface area contributed by atoms with E-state index in [4.69, 9.17) is 10.2 Å². The Morgan fingerprint density at radius 3 is 2.43 bits per heavy atom. The third-order valence-corrected chi connectivity index (χ3v) is 3.33. The number of amides is 1. The Kier molecular flexibility index (Phi) is 5.58. The van der Waals surface area contributed by atoms with Crippen LogP contribution in [0.5, 0.6) is 11.5 Å². The number of carbonyl (C=O) groups is 2. The molecular weight excluding hydrogens is 274 g/mol. The van der Waals surface area contributed by atoms with Crippen molar-refractivity contribution in [3.8, 4) is 11.5 Å². The summed E-state index contributed by atoms with van der Waals surface area (Å²) in [7, 11) is 0. The lowest BCUT2D eigenvalue weighted by Gasteiger charge is -2.23. The zero-order valence-corrected chi connectivity index (χ0v) is 12.2. The molecule has 6 nitrogen and oxygen atoms in total. The average Bonchev–Trinajstić information content (AvgIpc) is 2.36. The number of benzene rings is 1. The van der Waals surface area contributed by atoms with Gasteiger partial charge in [-0.25, -0.2) is 0 Å². The van der Waals surface area contributed by atoms with Gasteiger partial charge in [-0.1, -0.05) is 13.8 Å². The fraction of sp³-hybridized carbons (Fsp3) is 0.467. The molecule has 0 aliphatic heterocycles. The van der Waals surface area contributed by atoms with Gasteiger partial charge in [-0.2, -0.15) is 0 Å². The van der Waals surface area contributed by atoms with Gasteiger partial charge in [0.15, 0.2) is 0 Å². The van der Waals surface area contributed by atoms with Crippen molar-refractivity contribution in [1.29, 1.82) is 0 Å². The molecule has 6 heteroatoms. The molecule has 0 aromatic heterocycles. The van der Waals surface area contributed by atoms with Gasteiger partial charge in [0.1, 0.15) is 11.5 Å². The third kappa shape index (κ3) is 5.72. The van der Waals surface area contributed by atoms with Crippen molar-refractivity contribution in [2.75, 3.05) is 6.54 Å². The molecule has 0 fully saturated rings. The highest BCUT2D eigenvalue weighted by Gasteiger charge is 2.20. The summed E-state index contributed by atoms with van der Waals surface area (Å²) >= 11 is 0. The Morgan fingerprint density at radius 1 is 1.19 bits per heavy atom. The van der Waals surface area contributed by atoms with E-state index in [-0.39, 0.29) is 28.9 Å². The number of rotatable bonds is 7. The van der Waals surface area contributed by atoms with Gasteiger partial charge in [0.2, 0.25) is 0 Å². The minimum atomic E-state index is -0.832. The minimum Gasteiger partial charge on any atom is -0.508 e. The topological polar surface area (TPSA) is 107 Å². The number of nitrogens with one attached hydrogen (secondary N) is 1. The fourth-order valence-corrected chi connectivity index (χ4v) is 1.89. The van der Waals surface area contributed by atoms with Gasteiger partial charge in [0, 0.05) is 19.0 Å². The molecule has 0 bridgehead atoms. The van der Waals surface area contributed by atoms with Gasteiger partial charge in [-0.15, -0.1) is 0 Å². The number of hydrogen-bond acceptors (Lipinski definition) is 4. The molecular formula is C15H21NO5. The number of aromatic hydroxyl groups is 2. The molecule has 0 atom stereocenters. The number of carboxylic acids is 1. The molecule has 1 amide bonds. The molecule has 21 heavy (non-hydrogen) atoms. The molecule has 4 N–H and O–H groups in total. The van der Waals surface area contributed by atoms with E-state index in [1.807, 2.05) is 13.8 Å². The number of carboxylic acid groups (broad SMARTS) is 1. The van der Waals surface area contributed by atoms with Crippen molar-refractivity contribution >= 4 is 11.9 Å². The molecule has 1 aromatic rings. The first-order chi connectivity index (χ1) is 9.71. The minimum absolute atomic E-state index is 0.0937. The Morgan fingerprint density at radius 2 is 1.86 bits per heavy atom. The summed E-state index contributed by atoms with van der Waals surface area (Å²) in [5.41, 5.74) is -0.0981. The number of hydrogen-bond donors (Lipinski definition) is 4. The molecule has 0 spiro atoms. The smallest absolute Gasteiger partial charge is 0.303 e. The lowest BCUT2D eigenvalue weighted by molar-refractivity contribution is -0.137. The van der Waals surface area contributed by atoms with E-state index >= 15 is 0 Å². The molecule has 0 aliphatic rings. The van der Waals surface area contributed by atoms with Gasteiger partial charge in [-0.3, -0.25) is 9.59 Å². The standard InChI is InChI=1S/C15H21NO5/c1-15(2,6-5-13(19)20)7-8-16-14(21)11-4-3-10(17)9-12(11)18/h3-4,9,17-18H,5-8H2,1-2H3,(H,16,21)(H,19,20). The van der Waals surface area contributed by atoms with E-state index < -0.39 is 11.9 Å². The van der Waals surface area contributed by atoms with E-state index in [1.165, 1.54) is 12.1 Å². The van der Waals surface area contributed by atoms with Crippen molar-refractivity contribution in [2.45, 2.75) is 33.1 Å². The number of phenols is 2. The summed E-state index contributed by atoms with van der Waals surface area (Å²) in [6.45, 7) is 4.27. The molecule has 0 saturated heterocycles.